The third kappa shape index (κ3) is 8.40. The number of fused-ring (bicyclic) bond motifs is 1. The molecule has 0 radical (unpaired) electrons. The van der Waals surface area contributed by atoms with Crippen molar-refractivity contribution in [2.45, 2.75) is 70.3 Å². The van der Waals surface area contributed by atoms with Crippen LogP contribution in [0.5, 0.6) is 0 Å². The predicted octanol–water partition coefficient (Wildman–Crippen LogP) is 0.903. The van der Waals surface area contributed by atoms with Gasteiger partial charge in [0.1, 0.15) is 36.0 Å². The van der Waals surface area contributed by atoms with Crippen molar-refractivity contribution in [1.29, 1.82) is 0 Å². The number of β-lactam (4-membered cyclic amide) rings is 1. The first-order chi connectivity index (χ1) is 19.1. The topological polar surface area (TPSA) is 175 Å². The lowest BCUT2D eigenvalue weighted by atomic mass is 10.0. The quantitative estimate of drug-likeness (QED) is 0.113. The number of nitrogens with zero attached hydrogens (tertiary/aromatic N) is 3. The second-order valence-electron chi connectivity index (χ2n) is 11.0. The van der Waals surface area contributed by atoms with E-state index < -0.39 is 57.3 Å². The number of esters is 1. The third-order valence-corrected chi connectivity index (χ3v) is 7.80. The zero-order valence-corrected chi connectivity index (χ0v) is 25.6. The van der Waals surface area contributed by atoms with Crippen molar-refractivity contribution < 1.29 is 42.4 Å². The van der Waals surface area contributed by atoms with Crippen molar-refractivity contribution in [2.24, 2.45) is 5.16 Å². The average Bonchev–Trinajstić information content (AvgIpc) is 3.34. The minimum absolute atomic E-state index is 0.0290. The lowest BCUT2D eigenvalue weighted by Crippen LogP contribution is -2.73. The zero-order valence-electron chi connectivity index (χ0n) is 23.9. The highest BCUT2D eigenvalue weighted by Gasteiger charge is 2.56. The molecule has 2 N–H and O–H groups in total. The minimum Gasteiger partial charge on any atom is -0.453 e. The van der Waals surface area contributed by atoms with Gasteiger partial charge in [-0.3, -0.25) is 23.5 Å². The van der Waals surface area contributed by atoms with Crippen LogP contribution in [0.25, 0.3) is 0 Å². The van der Waals surface area contributed by atoms with Crippen LogP contribution in [0.2, 0.25) is 0 Å². The largest absolute Gasteiger partial charge is 0.453 e. The molecule has 2 unspecified atom stereocenters. The normalized spacial score (nSPS) is 21.0. The van der Waals surface area contributed by atoms with Gasteiger partial charge in [0, 0.05) is 11.1 Å². The zero-order chi connectivity index (χ0) is 30.5. The van der Waals surface area contributed by atoms with E-state index in [9.17, 15) is 23.4 Å². The van der Waals surface area contributed by atoms with Gasteiger partial charge < -0.3 is 29.7 Å². The molecule has 1 fully saturated rings. The fraction of sp³-hybridized carbons (Fsp3) is 0.600. The Morgan fingerprint density at radius 3 is 2.41 bits per heavy atom. The molecular formula is C25H35N5O9S2. The van der Waals surface area contributed by atoms with Gasteiger partial charge in [-0.15, -0.1) is 11.3 Å². The molecule has 3 rings (SSSR count). The fourth-order valence-electron chi connectivity index (χ4n) is 3.68. The Kier molecular flexibility index (Phi) is 10.4. The number of carbonyl (C=O) groups excluding carboxylic acids is 4. The summed E-state index contributed by atoms with van der Waals surface area (Å²) in [5.41, 5.74) is -1.22. The number of amides is 3. The molecule has 2 aliphatic heterocycles. The van der Waals surface area contributed by atoms with E-state index in [0.717, 1.165) is 16.2 Å². The molecule has 1 aromatic heterocycles. The molecule has 0 spiro atoms. The van der Waals surface area contributed by atoms with Crippen LogP contribution in [0.15, 0.2) is 22.3 Å². The van der Waals surface area contributed by atoms with Crippen molar-refractivity contribution in [3.8, 4) is 0 Å². The van der Waals surface area contributed by atoms with E-state index in [2.05, 4.69) is 20.8 Å². The van der Waals surface area contributed by atoms with Crippen molar-refractivity contribution in [2.75, 3.05) is 31.4 Å². The highest BCUT2D eigenvalue weighted by molar-refractivity contribution is 7.86. The Labute approximate surface area is 244 Å². The first-order valence-corrected chi connectivity index (χ1v) is 14.9. The van der Waals surface area contributed by atoms with E-state index in [1.165, 1.54) is 18.6 Å². The highest BCUT2D eigenvalue weighted by Crippen LogP contribution is 2.33. The van der Waals surface area contributed by atoms with Gasteiger partial charge in [-0.1, -0.05) is 5.16 Å². The van der Waals surface area contributed by atoms with Crippen LogP contribution in [0.1, 0.15) is 47.2 Å². The van der Waals surface area contributed by atoms with E-state index in [4.69, 9.17) is 19.0 Å². The highest BCUT2D eigenvalue weighted by atomic mass is 32.2. The van der Waals surface area contributed by atoms with Gasteiger partial charge >= 0.3 is 5.97 Å². The van der Waals surface area contributed by atoms with E-state index in [0.29, 0.717) is 6.41 Å². The Morgan fingerprint density at radius 1 is 1.22 bits per heavy atom. The first kappa shape index (κ1) is 32.3. The maximum absolute atomic E-state index is 13.2. The van der Waals surface area contributed by atoms with Crippen LogP contribution < -0.4 is 10.6 Å². The van der Waals surface area contributed by atoms with Gasteiger partial charge in [-0.05, 0) is 47.6 Å². The van der Waals surface area contributed by atoms with Gasteiger partial charge in [0.2, 0.25) is 6.41 Å². The monoisotopic (exact) mass is 613 g/mol. The van der Waals surface area contributed by atoms with Crippen LogP contribution in [0.4, 0.5) is 5.13 Å². The van der Waals surface area contributed by atoms with Crippen LogP contribution in [-0.2, 0) is 49.0 Å². The Morgan fingerprint density at radius 2 is 1.85 bits per heavy atom. The van der Waals surface area contributed by atoms with Crippen LogP contribution >= 0.6 is 11.3 Å². The molecule has 0 aromatic carbocycles. The molecule has 41 heavy (non-hydrogen) atoms. The number of oxime groups is 1. The smallest absolute Gasteiger partial charge is 0.355 e. The summed E-state index contributed by atoms with van der Waals surface area (Å²) in [6.07, 6.45) is 1.04. The molecule has 226 valence electrons. The minimum atomic E-state index is -1.61. The summed E-state index contributed by atoms with van der Waals surface area (Å²) in [5, 5.41) is 9.27. The number of thiazole rings is 1. The van der Waals surface area contributed by atoms with Crippen molar-refractivity contribution in [3.05, 3.63) is 22.8 Å². The summed E-state index contributed by atoms with van der Waals surface area (Å²) in [6.45, 7) is 11.3. The SMILES string of the molecule is CON=C(C(=O)NC1C(=O)N2C(C(=O)OC(COC(C)(C)C)COC(C)(C)C)=CCS(=O)[C@H]12)c1csc(NC=O)n1. The molecule has 3 atom stereocenters. The number of aromatic nitrogens is 1. The number of rotatable bonds is 12. The Bertz CT molecular complexity index is 1230. The number of hydrogen-bond acceptors (Lipinski definition) is 12. The van der Waals surface area contributed by atoms with Gasteiger partial charge in [-0.25, -0.2) is 9.78 Å². The molecular weight excluding hydrogens is 578 g/mol. The second kappa shape index (κ2) is 13.2. The molecule has 0 bridgehead atoms. The standard InChI is InChI=1S/C25H35N5O9S2/c1-24(2,3)37-10-14(11-38-25(4,5)6)39-22(34)16-8-9-41(35)21-18(20(33)30(16)21)28-19(32)17(29-36-7)15-12-40-23(27-15)26-13-31/h8,12-14,18,21H,9-11H2,1-7H3,(H,28,32)(H,26,27,31)/t18?,21-,41?/m1/s1. The average molecular weight is 614 g/mol. The summed E-state index contributed by atoms with van der Waals surface area (Å²) < 4.78 is 30.1. The van der Waals surface area contributed by atoms with E-state index >= 15 is 0 Å². The van der Waals surface area contributed by atoms with E-state index in [1.54, 1.807) is 0 Å². The molecule has 3 heterocycles. The maximum atomic E-state index is 13.2. The van der Waals surface area contributed by atoms with Crippen LogP contribution in [-0.4, -0.2) is 98.8 Å². The first-order valence-electron chi connectivity index (χ1n) is 12.6. The predicted molar refractivity (Wildman–Crippen MR) is 150 cm³/mol. The van der Waals surface area contributed by atoms with Crippen LogP contribution in [0.3, 0.4) is 0 Å². The molecule has 0 saturated carbocycles. The third-order valence-electron chi connectivity index (χ3n) is 5.51. The lowest BCUT2D eigenvalue weighted by Gasteiger charge is -2.48. The number of hydrogen-bond donors (Lipinski definition) is 2. The van der Waals surface area contributed by atoms with E-state index in [1.807, 2.05) is 41.5 Å². The number of anilines is 1. The molecule has 16 heteroatoms. The van der Waals surface area contributed by atoms with E-state index in [-0.39, 0.29) is 41.2 Å². The maximum Gasteiger partial charge on any atom is 0.355 e. The number of nitrogens with one attached hydrogen (secondary N) is 2. The summed E-state index contributed by atoms with van der Waals surface area (Å²) >= 11 is 1.05. The van der Waals surface area contributed by atoms with Crippen molar-refractivity contribution >= 4 is 57.2 Å². The number of ether oxygens (including phenoxy) is 3. The molecule has 14 nitrogen and oxygen atoms in total. The summed E-state index contributed by atoms with van der Waals surface area (Å²) in [5.74, 6) is -2.30. The van der Waals surface area contributed by atoms with Gasteiger partial charge in [0.15, 0.2) is 10.8 Å². The summed E-state index contributed by atoms with van der Waals surface area (Å²) in [7, 11) is -0.385. The summed E-state index contributed by atoms with van der Waals surface area (Å²) in [6, 6.07) is -1.20. The number of carbonyl (C=O) groups is 4. The van der Waals surface area contributed by atoms with Crippen molar-refractivity contribution in [3.63, 3.8) is 0 Å². The van der Waals surface area contributed by atoms with Crippen molar-refractivity contribution in [1.82, 2.24) is 15.2 Å². The molecule has 1 saturated heterocycles. The Balaban J connectivity index is 1.73. The van der Waals surface area contributed by atoms with Gasteiger partial charge in [0.05, 0.1) is 35.2 Å². The molecule has 1 aromatic rings. The Hall–Kier alpha value is -3.21. The fourth-order valence-corrected chi connectivity index (χ4v) is 5.80. The van der Waals surface area contributed by atoms with Gasteiger partial charge in [-0.2, -0.15) is 0 Å². The molecule has 0 aliphatic carbocycles. The lowest BCUT2D eigenvalue weighted by molar-refractivity contribution is -0.165. The second-order valence-corrected chi connectivity index (χ2v) is 13.4. The van der Waals surface area contributed by atoms with Crippen LogP contribution in [0, 0.1) is 0 Å². The molecule has 3 amide bonds. The molecule has 2 aliphatic rings. The summed E-state index contributed by atoms with van der Waals surface area (Å²) in [4.78, 5) is 60.0. The van der Waals surface area contributed by atoms with Gasteiger partial charge in [0.25, 0.3) is 11.8 Å².